The van der Waals surface area contributed by atoms with Crippen molar-refractivity contribution in [3.05, 3.63) is 65.6 Å². The number of hydrogen-bond acceptors (Lipinski definition) is 8. The van der Waals surface area contributed by atoms with Crippen molar-refractivity contribution in [1.82, 2.24) is 25.5 Å². The molecule has 1 unspecified atom stereocenters. The number of nitrogens with one attached hydrogen (secondary N) is 3. The number of nitrogen functional groups attached to an aromatic ring is 1. The van der Waals surface area contributed by atoms with Crippen LogP contribution in [0.25, 0.3) is 11.0 Å². The number of amides is 3. The number of hydrogen-bond donors (Lipinski definition) is 6. The molecule has 3 amide bonds. The molecule has 3 atom stereocenters. The molecule has 2 aliphatic heterocycles. The molecule has 190 valence electrons. The highest BCUT2D eigenvalue weighted by molar-refractivity contribution is 8.00. The van der Waals surface area contributed by atoms with E-state index in [1.54, 1.807) is 35.2 Å². The van der Waals surface area contributed by atoms with E-state index in [9.17, 15) is 24.3 Å². The second kappa shape index (κ2) is 9.22. The van der Waals surface area contributed by atoms with Crippen molar-refractivity contribution < 1.29 is 28.9 Å². The standard InChI is InChI=1S/C23H22N8O5S/c24-16(12-4-5-14-15(8-12)28-22(25)27-14)18(33)29-23(26-11-32)20(36)31-17(19(34)35)13(10-37-21(23)31)9-30-6-2-1-3-7-30/h1-8,11,16,21H,9-10,24H2,(H5-,25,26,27,28,29,32,33,34,35)/p+1/t16?,21-,23+/m0/s1. The Kier molecular flexibility index (Phi) is 6.05. The zero-order valence-corrected chi connectivity index (χ0v) is 20.1. The van der Waals surface area contributed by atoms with Crippen LogP contribution in [-0.2, 0) is 25.7 Å². The van der Waals surface area contributed by atoms with Crippen LogP contribution in [0.2, 0.25) is 0 Å². The minimum Gasteiger partial charge on any atom is -0.477 e. The zero-order chi connectivity index (χ0) is 26.3. The van der Waals surface area contributed by atoms with Crippen molar-refractivity contribution in [3.8, 4) is 0 Å². The van der Waals surface area contributed by atoms with Crippen LogP contribution in [0.3, 0.4) is 0 Å². The van der Waals surface area contributed by atoms with E-state index in [4.69, 9.17) is 11.5 Å². The Bertz CT molecular complexity index is 1460. The monoisotopic (exact) mass is 523 g/mol. The summed E-state index contributed by atoms with van der Waals surface area (Å²) < 4.78 is 1.80. The molecule has 4 heterocycles. The highest BCUT2D eigenvalue weighted by Crippen LogP contribution is 2.45. The Labute approximate surface area is 213 Å². The SMILES string of the molecule is Nc1nc2ccc(C(N)C(=O)N[C@]3(NC=O)C(=O)N4C(C(=O)O)=C(C[n+]5ccccc5)CS[C@H]43)cc2[nH]1. The number of nitrogens with zero attached hydrogens (tertiary/aromatic N) is 3. The van der Waals surface area contributed by atoms with Gasteiger partial charge in [0.15, 0.2) is 24.9 Å². The van der Waals surface area contributed by atoms with E-state index in [-0.39, 0.29) is 23.9 Å². The second-order valence-electron chi connectivity index (χ2n) is 8.58. The van der Waals surface area contributed by atoms with Crippen molar-refractivity contribution >= 4 is 52.9 Å². The number of carboxylic acids is 1. The Balaban J connectivity index is 1.41. The lowest BCUT2D eigenvalue weighted by Gasteiger charge is -2.56. The van der Waals surface area contributed by atoms with Crippen LogP contribution in [0.1, 0.15) is 11.6 Å². The van der Waals surface area contributed by atoms with E-state index < -0.39 is 34.9 Å². The highest BCUT2D eigenvalue weighted by Gasteiger charge is 2.66. The van der Waals surface area contributed by atoms with Gasteiger partial charge in [-0.3, -0.25) is 19.3 Å². The molecule has 0 aliphatic carbocycles. The molecular weight excluding hydrogens is 500 g/mol. The number of aromatic nitrogens is 3. The number of carboxylic acid groups (broad SMARTS) is 1. The molecule has 14 heteroatoms. The molecule has 8 N–H and O–H groups in total. The number of nitrogens with two attached hydrogens (primary N) is 2. The third kappa shape index (κ3) is 4.05. The van der Waals surface area contributed by atoms with Crippen LogP contribution in [0.4, 0.5) is 5.95 Å². The van der Waals surface area contributed by atoms with Gasteiger partial charge in [-0.05, 0) is 17.7 Å². The van der Waals surface area contributed by atoms with E-state index >= 15 is 0 Å². The van der Waals surface area contributed by atoms with Crippen LogP contribution in [0.15, 0.2) is 60.1 Å². The fraction of sp³-hybridized carbons (Fsp3) is 0.217. The minimum atomic E-state index is -1.85. The van der Waals surface area contributed by atoms with Crippen LogP contribution in [0.5, 0.6) is 0 Å². The van der Waals surface area contributed by atoms with Crippen molar-refractivity contribution in [3.63, 3.8) is 0 Å². The summed E-state index contributed by atoms with van der Waals surface area (Å²) in [5.41, 5.74) is 11.9. The number of aromatic amines is 1. The summed E-state index contributed by atoms with van der Waals surface area (Å²) >= 11 is 1.23. The largest absolute Gasteiger partial charge is 0.477 e. The van der Waals surface area contributed by atoms with Gasteiger partial charge in [-0.15, -0.1) is 11.8 Å². The predicted molar refractivity (Wildman–Crippen MR) is 132 cm³/mol. The minimum absolute atomic E-state index is 0.172. The zero-order valence-electron chi connectivity index (χ0n) is 19.2. The van der Waals surface area contributed by atoms with Gasteiger partial charge in [-0.2, -0.15) is 0 Å². The fourth-order valence-corrected chi connectivity index (χ4v) is 5.96. The molecule has 1 fully saturated rings. The number of fused-ring (bicyclic) bond motifs is 2. The summed E-state index contributed by atoms with van der Waals surface area (Å²) in [4.78, 5) is 58.3. The first kappa shape index (κ1) is 24.3. The molecule has 3 aromatic rings. The van der Waals surface area contributed by atoms with Crippen molar-refractivity contribution in [2.24, 2.45) is 5.73 Å². The molecule has 37 heavy (non-hydrogen) atoms. The number of aliphatic carboxylic acids is 1. The lowest BCUT2D eigenvalue weighted by atomic mass is 9.94. The molecule has 1 saturated heterocycles. The third-order valence-corrected chi connectivity index (χ3v) is 7.67. The number of thioether (sulfide) groups is 1. The molecule has 0 bridgehead atoms. The van der Waals surface area contributed by atoms with E-state index in [0.717, 1.165) is 4.90 Å². The number of β-lactam (4-membered cyclic amide) rings is 1. The molecule has 0 spiro atoms. The Morgan fingerprint density at radius 1 is 1.35 bits per heavy atom. The topological polar surface area (TPSA) is 200 Å². The summed E-state index contributed by atoms with van der Waals surface area (Å²) in [5, 5.41) is 14.0. The van der Waals surface area contributed by atoms with Gasteiger partial charge < -0.3 is 32.2 Å². The Morgan fingerprint density at radius 3 is 2.81 bits per heavy atom. The van der Waals surface area contributed by atoms with Gasteiger partial charge >= 0.3 is 5.97 Å². The molecule has 2 aromatic heterocycles. The number of carbonyl (C=O) groups excluding carboxylic acids is 3. The summed E-state index contributed by atoms with van der Waals surface area (Å²) in [6.45, 7) is 0.262. The first-order chi connectivity index (χ1) is 17.7. The molecule has 2 aliphatic rings. The van der Waals surface area contributed by atoms with Gasteiger partial charge in [-0.1, -0.05) is 12.1 Å². The maximum absolute atomic E-state index is 13.4. The molecule has 0 saturated carbocycles. The quantitative estimate of drug-likeness (QED) is 0.0922. The van der Waals surface area contributed by atoms with E-state index in [1.165, 1.54) is 11.8 Å². The number of benzene rings is 1. The van der Waals surface area contributed by atoms with E-state index in [0.29, 0.717) is 28.6 Å². The van der Waals surface area contributed by atoms with Crippen LogP contribution >= 0.6 is 11.8 Å². The van der Waals surface area contributed by atoms with Gasteiger partial charge in [0.25, 0.3) is 5.91 Å². The van der Waals surface area contributed by atoms with E-state index in [1.807, 2.05) is 18.2 Å². The number of rotatable bonds is 8. The number of pyridine rings is 1. The average Bonchev–Trinajstić information content (AvgIpc) is 3.27. The number of imidazole rings is 1. The molecule has 13 nitrogen and oxygen atoms in total. The smallest absolute Gasteiger partial charge is 0.352 e. The molecule has 1 aromatic carbocycles. The maximum Gasteiger partial charge on any atom is 0.352 e. The van der Waals surface area contributed by atoms with Crippen molar-refractivity contribution in [2.45, 2.75) is 23.6 Å². The number of anilines is 1. The van der Waals surface area contributed by atoms with Crippen molar-refractivity contribution in [2.75, 3.05) is 11.5 Å². The second-order valence-corrected chi connectivity index (χ2v) is 9.65. The normalized spacial score (nSPS) is 21.7. The Morgan fingerprint density at radius 2 is 2.11 bits per heavy atom. The first-order valence-electron chi connectivity index (χ1n) is 11.1. The maximum atomic E-state index is 13.4. The van der Waals surface area contributed by atoms with Gasteiger partial charge in [0.05, 0.1) is 11.0 Å². The van der Waals surface area contributed by atoms with Gasteiger partial charge in [0, 0.05) is 23.5 Å². The lowest BCUT2D eigenvalue weighted by Crippen LogP contribution is -2.85. The number of carbonyl (C=O) groups is 4. The fourth-order valence-electron chi connectivity index (χ4n) is 4.54. The van der Waals surface area contributed by atoms with E-state index in [2.05, 4.69) is 20.6 Å². The van der Waals surface area contributed by atoms with Gasteiger partial charge in [0.1, 0.15) is 17.1 Å². The van der Waals surface area contributed by atoms with Crippen LogP contribution < -0.4 is 26.7 Å². The van der Waals surface area contributed by atoms with Gasteiger partial charge in [-0.25, -0.2) is 14.3 Å². The average molecular weight is 524 g/mol. The van der Waals surface area contributed by atoms with Crippen molar-refractivity contribution in [1.29, 1.82) is 0 Å². The lowest BCUT2D eigenvalue weighted by molar-refractivity contribution is -0.689. The Hall–Kier alpha value is -4.43. The molecule has 5 rings (SSSR count). The third-order valence-electron chi connectivity index (χ3n) is 6.28. The summed E-state index contributed by atoms with van der Waals surface area (Å²) in [5.74, 6) is -2.32. The predicted octanol–water partition coefficient (Wildman–Crippen LogP) is -1.06. The summed E-state index contributed by atoms with van der Waals surface area (Å²) in [7, 11) is 0. The van der Waals surface area contributed by atoms with Gasteiger partial charge in [0.2, 0.25) is 18.0 Å². The van der Waals surface area contributed by atoms with Crippen LogP contribution in [0, 0.1) is 0 Å². The first-order valence-corrected chi connectivity index (χ1v) is 12.2. The summed E-state index contributed by atoms with van der Waals surface area (Å²) in [6, 6.07) is 9.13. The van der Waals surface area contributed by atoms with Crippen LogP contribution in [-0.4, -0.2) is 61.0 Å². The number of H-pyrrole nitrogens is 1. The highest BCUT2D eigenvalue weighted by atomic mass is 32.2. The summed E-state index contributed by atoms with van der Waals surface area (Å²) in [6.07, 6.45) is 3.87. The molecule has 0 radical (unpaired) electrons. The molecular formula is C23H23N8O5S+.